The van der Waals surface area contributed by atoms with Gasteiger partial charge in [-0.3, -0.25) is 4.79 Å². The van der Waals surface area contributed by atoms with E-state index in [-0.39, 0.29) is 11.8 Å². The summed E-state index contributed by atoms with van der Waals surface area (Å²) in [6.45, 7) is 2.00. The third-order valence-corrected chi connectivity index (χ3v) is 6.05. The Labute approximate surface area is 172 Å². The summed E-state index contributed by atoms with van der Waals surface area (Å²) in [4.78, 5) is 28.9. The fourth-order valence-electron chi connectivity index (χ4n) is 3.99. The van der Waals surface area contributed by atoms with E-state index >= 15 is 0 Å². The van der Waals surface area contributed by atoms with Gasteiger partial charge in [0.2, 0.25) is 5.91 Å². The Morgan fingerprint density at radius 1 is 1.17 bits per heavy atom. The van der Waals surface area contributed by atoms with Gasteiger partial charge in [0.05, 0.1) is 5.41 Å². The van der Waals surface area contributed by atoms with Crippen LogP contribution in [-0.4, -0.2) is 24.0 Å². The first-order chi connectivity index (χ1) is 14.0. The van der Waals surface area contributed by atoms with Crippen molar-refractivity contribution in [2.75, 3.05) is 12.4 Å². The van der Waals surface area contributed by atoms with Crippen LogP contribution < -0.4 is 15.4 Å². The highest BCUT2D eigenvalue weighted by Crippen LogP contribution is 2.51. The first kappa shape index (κ1) is 19.1. The second kappa shape index (κ2) is 7.67. The molecule has 0 saturated heterocycles. The maximum atomic E-state index is 13.3. The van der Waals surface area contributed by atoms with Gasteiger partial charge in [-0.1, -0.05) is 36.4 Å². The lowest BCUT2D eigenvalue weighted by atomic mass is 9.73. The second-order valence-electron chi connectivity index (χ2n) is 7.23. The van der Waals surface area contributed by atoms with Gasteiger partial charge in [0.1, 0.15) is 5.75 Å². The van der Waals surface area contributed by atoms with E-state index in [0.717, 1.165) is 11.1 Å². The van der Waals surface area contributed by atoms with Gasteiger partial charge in [0, 0.05) is 24.5 Å². The first-order valence-electron chi connectivity index (χ1n) is 9.29. The quantitative estimate of drug-likeness (QED) is 0.679. The molecule has 29 heavy (non-hydrogen) atoms. The molecule has 0 spiro atoms. The molecule has 4 rings (SSSR count). The lowest BCUT2D eigenvalue weighted by molar-refractivity contribution is -0.125. The third kappa shape index (κ3) is 3.61. The van der Waals surface area contributed by atoms with E-state index in [0.29, 0.717) is 17.3 Å². The molecule has 1 aromatic heterocycles. The number of amides is 2. The van der Waals surface area contributed by atoms with E-state index in [2.05, 4.69) is 27.8 Å². The predicted molar refractivity (Wildman–Crippen MR) is 112 cm³/mol. The number of fused-ring (bicyclic) bond motifs is 1. The molecule has 2 amide bonds. The number of nitrogens with zero attached hydrogens (tertiary/aromatic N) is 1. The minimum absolute atomic E-state index is 0.0562. The summed E-state index contributed by atoms with van der Waals surface area (Å²) in [5, 5.41) is 7.84. The van der Waals surface area contributed by atoms with Crippen molar-refractivity contribution in [3.63, 3.8) is 0 Å². The molecule has 1 aliphatic rings. The summed E-state index contributed by atoms with van der Waals surface area (Å²) in [7, 11) is 1.51. The lowest BCUT2D eigenvalue weighted by Gasteiger charge is -2.31. The Morgan fingerprint density at radius 2 is 1.93 bits per heavy atom. The third-order valence-electron chi connectivity index (χ3n) is 5.36. The van der Waals surface area contributed by atoms with E-state index in [1.807, 2.05) is 36.6 Å². The standard InChI is InChI=1S/C22H21N3O3S/c1-22(19(26)25-20-24-11-12-29-20)13-15-5-3-4-6-17(15)18(22)14-7-9-16(10-8-14)28-21(27)23-2/h3-12,18H,13H2,1-2H3,(H,23,27)(H,24,25,26)/t18-,22?/m1/s1. The van der Waals surface area contributed by atoms with E-state index in [1.165, 1.54) is 23.9 Å². The fourth-order valence-corrected chi connectivity index (χ4v) is 4.51. The van der Waals surface area contributed by atoms with Gasteiger partial charge in [-0.05, 0) is 42.2 Å². The van der Waals surface area contributed by atoms with Crippen LogP contribution in [0.15, 0.2) is 60.1 Å². The average Bonchev–Trinajstić information content (AvgIpc) is 3.34. The van der Waals surface area contributed by atoms with Crippen LogP contribution in [0.5, 0.6) is 5.75 Å². The SMILES string of the molecule is CNC(=O)Oc1ccc([C@@H]2c3ccccc3CC2(C)C(=O)Nc2nccs2)cc1. The minimum Gasteiger partial charge on any atom is -0.410 e. The van der Waals surface area contributed by atoms with E-state index in [1.54, 1.807) is 18.3 Å². The van der Waals surface area contributed by atoms with Gasteiger partial charge in [0.25, 0.3) is 0 Å². The van der Waals surface area contributed by atoms with Crippen molar-refractivity contribution in [1.29, 1.82) is 0 Å². The molecule has 2 atom stereocenters. The van der Waals surface area contributed by atoms with Crippen LogP contribution in [0.4, 0.5) is 9.93 Å². The summed E-state index contributed by atoms with van der Waals surface area (Å²) in [6, 6.07) is 15.5. The molecule has 1 heterocycles. The predicted octanol–water partition coefficient (Wildman–Crippen LogP) is 4.19. The molecule has 1 aliphatic carbocycles. The first-order valence-corrected chi connectivity index (χ1v) is 10.2. The summed E-state index contributed by atoms with van der Waals surface area (Å²) < 4.78 is 5.18. The number of hydrogen-bond acceptors (Lipinski definition) is 5. The van der Waals surface area contributed by atoms with Gasteiger partial charge >= 0.3 is 6.09 Å². The molecule has 7 heteroatoms. The fraction of sp³-hybridized carbons (Fsp3) is 0.227. The Kier molecular flexibility index (Phi) is 5.07. The van der Waals surface area contributed by atoms with Gasteiger partial charge in [-0.2, -0.15) is 0 Å². The largest absolute Gasteiger partial charge is 0.412 e. The smallest absolute Gasteiger partial charge is 0.410 e. The number of thiazole rings is 1. The van der Waals surface area contributed by atoms with E-state index < -0.39 is 11.5 Å². The van der Waals surface area contributed by atoms with Crippen LogP contribution in [0.3, 0.4) is 0 Å². The number of nitrogens with one attached hydrogen (secondary N) is 2. The van der Waals surface area contributed by atoms with Crippen molar-refractivity contribution >= 4 is 28.5 Å². The van der Waals surface area contributed by atoms with Crippen molar-refractivity contribution in [2.24, 2.45) is 5.41 Å². The average molecular weight is 407 g/mol. The molecule has 0 radical (unpaired) electrons. The molecule has 0 bridgehead atoms. The maximum absolute atomic E-state index is 13.3. The van der Waals surface area contributed by atoms with E-state index in [9.17, 15) is 9.59 Å². The summed E-state index contributed by atoms with van der Waals surface area (Å²) in [6.07, 6.45) is 1.80. The minimum atomic E-state index is -0.668. The highest BCUT2D eigenvalue weighted by atomic mass is 32.1. The molecule has 0 saturated carbocycles. The monoisotopic (exact) mass is 407 g/mol. The number of aromatic nitrogens is 1. The van der Waals surface area contributed by atoms with E-state index in [4.69, 9.17) is 4.74 Å². The number of carbonyl (C=O) groups excluding carboxylic acids is 2. The van der Waals surface area contributed by atoms with Crippen molar-refractivity contribution < 1.29 is 14.3 Å². The zero-order valence-corrected chi connectivity index (χ0v) is 17.0. The second-order valence-corrected chi connectivity index (χ2v) is 8.12. The highest BCUT2D eigenvalue weighted by Gasteiger charge is 2.48. The number of benzene rings is 2. The molecule has 0 aliphatic heterocycles. The van der Waals surface area contributed by atoms with Gasteiger partial charge in [-0.15, -0.1) is 11.3 Å². The van der Waals surface area contributed by atoms with Crippen LogP contribution in [0.1, 0.15) is 29.5 Å². The molecule has 6 nitrogen and oxygen atoms in total. The normalized spacial score (nSPS) is 20.0. The van der Waals surface area contributed by atoms with Crippen LogP contribution in [0, 0.1) is 5.41 Å². The van der Waals surface area contributed by atoms with Crippen molar-refractivity contribution in [3.05, 3.63) is 76.8 Å². The molecule has 3 aromatic rings. The number of carbonyl (C=O) groups is 2. The van der Waals surface area contributed by atoms with Crippen LogP contribution >= 0.6 is 11.3 Å². The molecule has 0 fully saturated rings. The molecule has 2 aromatic carbocycles. The Balaban J connectivity index is 1.69. The molecule has 2 N–H and O–H groups in total. The molecular weight excluding hydrogens is 386 g/mol. The Hall–Kier alpha value is -3.19. The van der Waals surface area contributed by atoms with Crippen molar-refractivity contribution in [3.8, 4) is 5.75 Å². The van der Waals surface area contributed by atoms with Crippen molar-refractivity contribution in [2.45, 2.75) is 19.3 Å². The van der Waals surface area contributed by atoms with Gasteiger partial charge in [0.15, 0.2) is 5.13 Å². The topological polar surface area (TPSA) is 80.3 Å². The molecular formula is C22H21N3O3S. The summed E-state index contributed by atoms with van der Waals surface area (Å²) in [5.41, 5.74) is 2.64. The van der Waals surface area contributed by atoms with Gasteiger partial charge < -0.3 is 15.4 Å². The number of hydrogen-bond donors (Lipinski definition) is 2. The van der Waals surface area contributed by atoms with Crippen LogP contribution in [0.25, 0.3) is 0 Å². The van der Waals surface area contributed by atoms with Crippen molar-refractivity contribution in [1.82, 2.24) is 10.3 Å². The summed E-state index contributed by atoms with van der Waals surface area (Å²) in [5.74, 6) is 0.278. The molecule has 148 valence electrons. The number of rotatable bonds is 4. The number of anilines is 1. The lowest BCUT2D eigenvalue weighted by Crippen LogP contribution is -2.37. The zero-order valence-electron chi connectivity index (χ0n) is 16.1. The van der Waals surface area contributed by atoms with Crippen LogP contribution in [-0.2, 0) is 11.2 Å². The maximum Gasteiger partial charge on any atom is 0.412 e. The van der Waals surface area contributed by atoms with Gasteiger partial charge in [-0.25, -0.2) is 9.78 Å². The highest BCUT2D eigenvalue weighted by molar-refractivity contribution is 7.13. The van der Waals surface area contributed by atoms with Crippen LogP contribution in [0.2, 0.25) is 0 Å². The Morgan fingerprint density at radius 3 is 2.62 bits per heavy atom. The molecule has 1 unspecified atom stereocenters. The number of ether oxygens (including phenoxy) is 1. The summed E-state index contributed by atoms with van der Waals surface area (Å²) >= 11 is 1.40. The Bertz CT molecular complexity index is 1030. The zero-order chi connectivity index (χ0) is 20.4.